The molecule has 4 rings (SSSR count). The highest BCUT2D eigenvalue weighted by Gasteiger charge is 2.21. The number of carbonyl (C=O) groups is 1. The zero-order valence-electron chi connectivity index (χ0n) is 15.0. The Hall–Kier alpha value is -2.18. The fourth-order valence-corrected chi connectivity index (χ4v) is 4.36. The van der Waals surface area contributed by atoms with Crippen molar-refractivity contribution in [1.82, 2.24) is 20.2 Å². The van der Waals surface area contributed by atoms with Gasteiger partial charge in [0.1, 0.15) is 5.82 Å². The van der Waals surface area contributed by atoms with E-state index < -0.39 is 0 Å². The number of amides is 1. The van der Waals surface area contributed by atoms with E-state index in [9.17, 15) is 4.79 Å². The number of aromatic amines is 1. The summed E-state index contributed by atoms with van der Waals surface area (Å²) in [6, 6.07) is 10.6. The van der Waals surface area contributed by atoms with Gasteiger partial charge in [-0.05, 0) is 48.9 Å². The Morgan fingerprint density at radius 1 is 1.35 bits per heavy atom. The van der Waals surface area contributed by atoms with Gasteiger partial charge in [0, 0.05) is 30.6 Å². The number of H-pyrrole nitrogens is 1. The summed E-state index contributed by atoms with van der Waals surface area (Å²) in [7, 11) is 0. The first-order valence-corrected chi connectivity index (χ1v) is 10.0. The van der Waals surface area contributed by atoms with Crippen molar-refractivity contribution in [2.24, 2.45) is 0 Å². The van der Waals surface area contributed by atoms with Crippen LogP contribution in [0.3, 0.4) is 0 Å². The van der Waals surface area contributed by atoms with Crippen molar-refractivity contribution in [3.05, 3.63) is 52.0 Å². The standard InChI is InChI=1S/C20H24N4OS/c1-14-21-18-5-4-15(11-19(18)22-14)12-20(25)23-16-6-8-24(9-7-16)13-17-3-2-10-26-17/h2-5,10-11,16H,6-9,12-13H2,1H3,(H,21,22)(H,23,25). The molecular formula is C20H24N4OS. The molecule has 1 amide bonds. The van der Waals surface area contributed by atoms with Crippen LogP contribution in [-0.2, 0) is 17.8 Å². The quantitative estimate of drug-likeness (QED) is 0.727. The number of piperidine rings is 1. The number of hydrogen-bond acceptors (Lipinski definition) is 4. The van der Waals surface area contributed by atoms with E-state index in [1.807, 2.05) is 36.5 Å². The Balaban J connectivity index is 1.27. The average Bonchev–Trinajstić information content (AvgIpc) is 3.24. The van der Waals surface area contributed by atoms with Gasteiger partial charge >= 0.3 is 0 Å². The molecule has 0 unspecified atom stereocenters. The van der Waals surface area contributed by atoms with Gasteiger partial charge in [-0.1, -0.05) is 12.1 Å². The summed E-state index contributed by atoms with van der Waals surface area (Å²) in [4.78, 5) is 23.9. The molecule has 3 heterocycles. The third-order valence-corrected chi connectivity index (χ3v) is 5.80. The number of carbonyl (C=O) groups excluding carboxylic acids is 1. The fourth-order valence-electron chi connectivity index (χ4n) is 3.62. The van der Waals surface area contributed by atoms with Crippen LogP contribution in [0.1, 0.15) is 29.1 Å². The molecule has 2 N–H and O–H groups in total. The highest BCUT2D eigenvalue weighted by atomic mass is 32.1. The number of thiophene rings is 1. The third kappa shape index (κ3) is 4.14. The molecule has 1 aromatic carbocycles. The molecule has 1 saturated heterocycles. The number of hydrogen-bond donors (Lipinski definition) is 2. The first kappa shape index (κ1) is 17.2. The van der Waals surface area contributed by atoms with Crippen molar-refractivity contribution < 1.29 is 4.79 Å². The minimum atomic E-state index is 0.109. The van der Waals surface area contributed by atoms with Crippen LogP contribution in [0.25, 0.3) is 11.0 Å². The van der Waals surface area contributed by atoms with E-state index in [2.05, 4.69) is 37.7 Å². The van der Waals surface area contributed by atoms with Crippen LogP contribution in [0.2, 0.25) is 0 Å². The summed E-state index contributed by atoms with van der Waals surface area (Å²) in [6.45, 7) is 5.06. The molecule has 0 atom stereocenters. The summed E-state index contributed by atoms with van der Waals surface area (Å²) in [5, 5.41) is 5.34. The van der Waals surface area contributed by atoms with Gasteiger partial charge in [0.15, 0.2) is 0 Å². The Morgan fingerprint density at radius 3 is 2.96 bits per heavy atom. The first-order chi connectivity index (χ1) is 12.7. The number of benzene rings is 1. The SMILES string of the molecule is Cc1nc2ccc(CC(=O)NC3CCN(Cc4cccs4)CC3)cc2[nH]1. The van der Waals surface area contributed by atoms with Gasteiger partial charge in [0.25, 0.3) is 0 Å². The number of likely N-dealkylation sites (tertiary alicyclic amines) is 1. The minimum Gasteiger partial charge on any atom is -0.353 e. The van der Waals surface area contributed by atoms with E-state index in [0.29, 0.717) is 12.5 Å². The van der Waals surface area contributed by atoms with Crippen molar-refractivity contribution >= 4 is 28.3 Å². The number of nitrogens with one attached hydrogen (secondary N) is 2. The van der Waals surface area contributed by atoms with Crippen LogP contribution < -0.4 is 5.32 Å². The summed E-state index contributed by atoms with van der Waals surface area (Å²) in [5.41, 5.74) is 2.97. The number of fused-ring (bicyclic) bond motifs is 1. The molecule has 3 aromatic rings. The largest absolute Gasteiger partial charge is 0.353 e. The summed E-state index contributed by atoms with van der Waals surface area (Å²) < 4.78 is 0. The zero-order chi connectivity index (χ0) is 17.9. The highest BCUT2D eigenvalue weighted by Crippen LogP contribution is 2.17. The lowest BCUT2D eigenvalue weighted by Crippen LogP contribution is -2.44. The molecule has 1 aliphatic heterocycles. The topological polar surface area (TPSA) is 61.0 Å². The molecular weight excluding hydrogens is 344 g/mol. The lowest BCUT2D eigenvalue weighted by atomic mass is 10.0. The highest BCUT2D eigenvalue weighted by molar-refractivity contribution is 7.09. The summed E-state index contributed by atoms with van der Waals surface area (Å²) in [5.74, 6) is 1.01. The average molecular weight is 369 g/mol. The van der Waals surface area contributed by atoms with Crippen molar-refractivity contribution in [1.29, 1.82) is 0 Å². The molecule has 0 radical (unpaired) electrons. The molecule has 0 aliphatic carbocycles. The van der Waals surface area contributed by atoms with Crippen molar-refractivity contribution in [2.45, 2.75) is 38.8 Å². The molecule has 136 valence electrons. The van der Waals surface area contributed by atoms with Gasteiger partial charge in [-0.15, -0.1) is 11.3 Å². The Labute approximate surface area is 157 Å². The lowest BCUT2D eigenvalue weighted by molar-refractivity contribution is -0.121. The van der Waals surface area contributed by atoms with E-state index in [1.54, 1.807) is 0 Å². The van der Waals surface area contributed by atoms with Crippen LogP contribution >= 0.6 is 11.3 Å². The second-order valence-electron chi connectivity index (χ2n) is 7.05. The van der Waals surface area contributed by atoms with Crippen LogP contribution in [-0.4, -0.2) is 39.9 Å². The van der Waals surface area contributed by atoms with E-state index in [0.717, 1.165) is 54.9 Å². The van der Waals surface area contributed by atoms with E-state index in [4.69, 9.17) is 0 Å². The van der Waals surface area contributed by atoms with Crippen molar-refractivity contribution in [3.8, 4) is 0 Å². The van der Waals surface area contributed by atoms with E-state index in [-0.39, 0.29) is 5.91 Å². The van der Waals surface area contributed by atoms with Gasteiger partial charge < -0.3 is 10.3 Å². The molecule has 26 heavy (non-hydrogen) atoms. The normalized spacial score (nSPS) is 16.2. The maximum Gasteiger partial charge on any atom is 0.224 e. The molecule has 0 bridgehead atoms. The predicted molar refractivity (Wildman–Crippen MR) is 105 cm³/mol. The van der Waals surface area contributed by atoms with Crippen LogP contribution in [0.5, 0.6) is 0 Å². The number of nitrogens with zero attached hydrogens (tertiary/aromatic N) is 2. The molecule has 2 aromatic heterocycles. The second kappa shape index (κ2) is 7.60. The summed E-state index contributed by atoms with van der Waals surface area (Å²) in [6.07, 6.45) is 2.47. The monoisotopic (exact) mass is 368 g/mol. The predicted octanol–water partition coefficient (Wildman–Crippen LogP) is 3.26. The van der Waals surface area contributed by atoms with Gasteiger partial charge in [0.2, 0.25) is 5.91 Å². The number of aryl methyl sites for hydroxylation is 1. The van der Waals surface area contributed by atoms with Gasteiger partial charge in [-0.25, -0.2) is 4.98 Å². The van der Waals surface area contributed by atoms with Crippen LogP contribution in [0.4, 0.5) is 0 Å². The Kier molecular flexibility index (Phi) is 5.04. The smallest absolute Gasteiger partial charge is 0.224 e. The van der Waals surface area contributed by atoms with Crippen molar-refractivity contribution in [3.63, 3.8) is 0 Å². The van der Waals surface area contributed by atoms with E-state index in [1.165, 1.54) is 4.88 Å². The number of aromatic nitrogens is 2. The number of imidazole rings is 1. The minimum absolute atomic E-state index is 0.109. The molecule has 1 aliphatic rings. The molecule has 1 fully saturated rings. The maximum atomic E-state index is 12.4. The molecule has 0 saturated carbocycles. The fraction of sp³-hybridized carbons (Fsp3) is 0.400. The maximum absolute atomic E-state index is 12.4. The zero-order valence-corrected chi connectivity index (χ0v) is 15.8. The third-order valence-electron chi connectivity index (χ3n) is 4.94. The van der Waals surface area contributed by atoms with Crippen molar-refractivity contribution in [2.75, 3.05) is 13.1 Å². The van der Waals surface area contributed by atoms with E-state index >= 15 is 0 Å². The second-order valence-corrected chi connectivity index (χ2v) is 8.08. The lowest BCUT2D eigenvalue weighted by Gasteiger charge is -2.32. The Bertz CT molecular complexity index is 878. The van der Waals surface area contributed by atoms with Crippen LogP contribution in [0, 0.1) is 6.92 Å². The molecule has 6 heteroatoms. The number of rotatable bonds is 5. The Morgan fingerprint density at radius 2 is 2.19 bits per heavy atom. The van der Waals surface area contributed by atoms with Gasteiger partial charge in [-0.2, -0.15) is 0 Å². The molecule has 0 spiro atoms. The van der Waals surface area contributed by atoms with Crippen LogP contribution in [0.15, 0.2) is 35.7 Å². The van der Waals surface area contributed by atoms with Gasteiger partial charge in [0.05, 0.1) is 17.5 Å². The molecule has 5 nitrogen and oxygen atoms in total. The summed E-state index contributed by atoms with van der Waals surface area (Å²) >= 11 is 1.81. The van der Waals surface area contributed by atoms with Gasteiger partial charge in [-0.3, -0.25) is 9.69 Å². The first-order valence-electron chi connectivity index (χ1n) is 9.15.